The van der Waals surface area contributed by atoms with Crippen molar-refractivity contribution >= 4 is 0 Å². The Morgan fingerprint density at radius 3 is 2.17 bits per heavy atom. The molecule has 0 amide bonds. The minimum Gasteiger partial charge on any atom is -0.314 e. The molecule has 2 rings (SSSR count). The van der Waals surface area contributed by atoms with Gasteiger partial charge in [-0.1, -0.05) is 6.92 Å². The van der Waals surface area contributed by atoms with Crippen LogP contribution in [0.2, 0.25) is 0 Å². The van der Waals surface area contributed by atoms with Gasteiger partial charge in [0, 0.05) is 64.9 Å². The van der Waals surface area contributed by atoms with E-state index in [2.05, 4.69) is 33.9 Å². The van der Waals surface area contributed by atoms with Crippen LogP contribution in [0.4, 0.5) is 0 Å². The summed E-state index contributed by atoms with van der Waals surface area (Å²) >= 11 is 0. The Balaban J connectivity index is 1.67. The number of nitrogens with zero attached hydrogens (tertiary/aromatic N) is 3. The van der Waals surface area contributed by atoms with Crippen molar-refractivity contribution in [1.82, 2.24) is 20.0 Å². The zero-order valence-electron chi connectivity index (χ0n) is 12.2. The molecule has 0 aromatic carbocycles. The Kier molecular flexibility index (Phi) is 5.89. The second-order valence-corrected chi connectivity index (χ2v) is 5.78. The summed E-state index contributed by atoms with van der Waals surface area (Å²) in [6, 6.07) is 0.713. The molecule has 2 aliphatic rings. The molecule has 4 nitrogen and oxygen atoms in total. The van der Waals surface area contributed by atoms with Gasteiger partial charge >= 0.3 is 0 Å². The van der Waals surface area contributed by atoms with Crippen LogP contribution in [0.3, 0.4) is 0 Å². The van der Waals surface area contributed by atoms with Gasteiger partial charge in [0.05, 0.1) is 0 Å². The van der Waals surface area contributed by atoms with E-state index < -0.39 is 0 Å². The second kappa shape index (κ2) is 7.43. The van der Waals surface area contributed by atoms with E-state index in [1.54, 1.807) is 0 Å². The molecule has 0 aliphatic carbocycles. The van der Waals surface area contributed by atoms with Crippen molar-refractivity contribution in [3.05, 3.63) is 0 Å². The molecule has 2 saturated heterocycles. The first-order chi connectivity index (χ1) is 8.79. The van der Waals surface area contributed by atoms with E-state index in [0.717, 1.165) is 13.1 Å². The highest BCUT2D eigenvalue weighted by Crippen LogP contribution is 2.07. The van der Waals surface area contributed by atoms with Crippen molar-refractivity contribution in [2.75, 3.05) is 65.4 Å². The van der Waals surface area contributed by atoms with Gasteiger partial charge in [0.15, 0.2) is 0 Å². The van der Waals surface area contributed by atoms with E-state index in [0.29, 0.717) is 6.04 Å². The van der Waals surface area contributed by atoms with Crippen LogP contribution in [0.5, 0.6) is 0 Å². The van der Waals surface area contributed by atoms with Crippen molar-refractivity contribution < 1.29 is 0 Å². The third-order valence-electron chi connectivity index (χ3n) is 4.30. The fraction of sp³-hybridized carbons (Fsp3) is 1.00. The van der Waals surface area contributed by atoms with E-state index in [1.165, 1.54) is 58.8 Å². The van der Waals surface area contributed by atoms with Crippen LogP contribution >= 0.6 is 0 Å². The molecule has 0 bridgehead atoms. The maximum Gasteiger partial charge on any atom is 0.0195 e. The van der Waals surface area contributed by atoms with E-state index in [-0.39, 0.29) is 0 Å². The first kappa shape index (κ1) is 14.3. The Hall–Kier alpha value is -0.160. The highest BCUT2D eigenvalue weighted by molar-refractivity contribution is 4.79. The molecule has 1 unspecified atom stereocenters. The predicted molar refractivity (Wildman–Crippen MR) is 77.1 cm³/mol. The van der Waals surface area contributed by atoms with E-state index in [1.807, 2.05) is 0 Å². The maximum atomic E-state index is 3.43. The zero-order valence-corrected chi connectivity index (χ0v) is 12.2. The molecule has 0 aromatic rings. The lowest BCUT2D eigenvalue weighted by Crippen LogP contribution is -2.54. The van der Waals surface area contributed by atoms with E-state index in [4.69, 9.17) is 0 Å². The Labute approximate surface area is 112 Å². The topological polar surface area (TPSA) is 21.8 Å². The van der Waals surface area contributed by atoms with Crippen molar-refractivity contribution in [3.8, 4) is 0 Å². The summed E-state index contributed by atoms with van der Waals surface area (Å²) in [5.74, 6) is 0. The fourth-order valence-corrected chi connectivity index (χ4v) is 3.12. The minimum absolute atomic E-state index is 0.713. The summed E-state index contributed by atoms with van der Waals surface area (Å²) in [6.07, 6.45) is 1.29. The number of hydrogen-bond donors (Lipinski definition) is 1. The quantitative estimate of drug-likeness (QED) is 0.762. The Morgan fingerprint density at radius 2 is 1.56 bits per heavy atom. The van der Waals surface area contributed by atoms with Crippen LogP contribution in [0, 0.1) is 0 Å². The molecule has 106 valence electrons. The van der Waals surface area contributed by atoms with Gasteiger partial charge in [-0.3, -0.25) is 9.80 Å². The largest absolute Gasteiger partial charge is 0.314 e. The third kappa shape index (κ3) is 4.19. The second-order valence-electron chi connectivity index (χ2n) is 5.78. The molecule has 1 atom stereocenters. The molecule has 18 heavy (non-hydrogen) atoms. The standard InChI is InChI=1S/C14H30N4/c1-3-6-16-9-11-17(12-10-16)13-14(2)18-7-4-15-5-8-18/h14-15H,3-13H2,1-2H3. The SMILES string of the molecule is CCCN1CCN(CC(C)N2CCNCC2)CC1. The van der Waals surface area contributed by atoms with Gasteiger partial charge < -0.3 is 10.2 Å². The van der Waals surface area contributed by atoms with Gasteiger partial charge in [0.1, 0.15) is 0 Å². The monoisotopic (exact) mass is 254 g/mol. The fourth-order valence-electron chi connectivity index (χ4n) is 3.12. The lowest BCUT2D eigenvalue weighted by molar-refractivity contribution is 0.0900. The van der Waals surface area contributed by atoms with Crippen LogP contribution in [0.15, 0.2) is 0 Å². The summed E-state index contributed by atoms with van der Waals surface area (Å²) in [6.45, 7) is 17.0. The lowest BCUT2D eigenvalue weighted by atomic mass is 10.2. The zero-order chi connectivity index (χ0) is 12.8. The molecule has 2 aliphatic heterocycles. The van der Waals surface area contributed by atoms with Crippen LogP contribution in [0.25, 0.3) is 0 Å². The lowest BCUT2D eigenvalue weighted by Gasteiger charge is -2.39. The van der Waals surface area contributed by atoms with Gasteiger partial charge in [0.2, 0.25) is 0 Å². The smallest absolute Gasteiger partial charge is 0.0195 e. The van der Waals surface area contributed by atoms with Crippen molar-refractivity contribution in [2.45, 2.75) is 26.3 Å². The highest BCUT2D eigenvalue weighted by Gasteiger charge is 2.21. The molecule has 0 spiro atoms. The molecule has 0 aromatic heterocycles. The third-order valence-corrected chi connectivity index (χ3v) is 4.30. The average molecular weight is 254 g/mol. The molecule has 0 radical (unpaired) electrons. The highest BCUT2D eigenvalue weighted by atomic mass is 15.3. The van der Waals surface area contributed by atoms with Crippen molar-refractivity contribution in [3.63, 3.8) is 0 Å². The number of hydrogen-bond acceptors (Lipinski definition) is 4. The molecular formula is C14H30N4. The summed E-state index contributed by atoms with van der Waals surface area (Å²) < 4.78 is 0. The molecule has 4 heteroatoms. The van der Waals surface area contributed by atoms with Gasteiger partial charge in [-0.15, -0.1) is 0 Å². The van der Waals surface area contributed by atoms with Gasteiger partial charge in [-0.2, -0.15) is 0 Å². The maximum absolute atomic E-state index is 3.43. The number of piperazine rings is 2. The van der Waals surface area contributed by atoms with Crippen molar-refractivity contribution in [1.29, 1.82) is 0 Å². The van der Waals surface area contributed by atoms with Crippen LogP contribution in [0.1, 0.15) is 20.3 Å². The first-order valence-electron chi connectivity index (χ1n) is 7.69. The van der Waals surface area contributed by atoms with Crippen molar-refractivity contribution in [2.24, 2.45) is 0 Å². The molecule has 1 N–H and O–H groups in total. The number of rotatable bonds is 5. The summed E-state index contributed by atoms with van der Waals surface area (Å²) in [5, 5.41) is 3.43. The Morgan fingerprint density at radius 1 is 0.944 bits per heavy atom. The van der Waals surface area contributed by atoms with Crippen LogP contribution in [-0.4, -0.2) is 86.2 Å². The average Bonchev–Trinajstić information content (AvgIpc) is 2.42. The molecule has 0 saturated carbocycles. The van der Waals surface area contributed by atoms with Gasteiger partial charge in [-0.25, -0.2) is 0 Å². The van der Waals surface area contributed by atoms with E-state index >= 15 is 0 Å². The first-order valence-corrected chi connectivity index (χ1v) is 7.69. The van der Waals surface area contributed by atoms with E-state index in [9.17, 15) is 0 Å². The van der Waals surface area contributed by atoms with Crippen LogP contribution < -0.4 is 5.32 Å². The summed E-state index contributed by atoms with van der Waals surface area (Å²) in [5.41, 5.74) is 0. The molecule has 2 fully saturated rings. The summed E-state index contributed by atoms with van der Waals surface area (Å²) in [4.78, 5) is 7.89. The Bertz CT molecular complexity index is 220. The summed E-state index contributed by atoms with van der Waals surface area (Å²) in [7, 11) is 0. The van der Waals surface area contributed by atoms with Crippen LogP contribution in [-0.2, 0) is 0 Å². The predicted octanol–water partition coefficient (Wildman–Crippen LogP) is 0.308. The molecular weight excluding hydrogens is 224 g/mol. The van der Waals surface area contributed by atoms with Gasteiger partial charge in [-0.05, 0) is 19.9 Å². The molecule has 2 heterocycles. The van der Waals surface area contributed by atoms with Gasteiger partial charge in [0.25, 0.3) is 0 Å². The minimum atomic E-state index is 0.713. The normalized spacial score (nSPS) is 26.3. The number of nitrogens with one attached hydrogen (secondary N) is 1.